The largest absolute Gasteiger partial charge is 0.497 e. The number of nitrogens with one attached hydrogen (secondary N) is 1. The Bertz CT molecular complexity index is 1350. The second-order valence-electron chi connectivity index (χ2n) is 7.69. The Kier molecular flexibility index (Phi) is 6.96. The lowest BCUT2D eigenvalue weighted by Gasteiger charge is -2.17. The molecule has 2 heterocycles. The van der Waals surface area contributed by atoms with Crippen molar-refractivity contribution in [3.63, 3.8) is 0 Å². The molecule has 0 fully saturated rings. The average Bonchev–Trinajstić information content (AvgIpc) is 3.39. The minimum atomic E-state index is -1.15. The van der Waals surface area contributed by atoms with Crippen molar-refractivity contribution in [2.24, 2.45) is 5.73 Å². The highest BCUT2D eigenvalue weighted by Crippen LogP contribution is 2.19. The van der Waals surface area contributed by atoms with E-state index in [9.17, 15) is 14.4 Å². The molecule has 35 heavy (non-hydrogen) atoms. The summed E-state index contributed by atoms with van der Waals surface area (Å²) in [7, 11) is 1.54. The molecule has 0 aliphatic rings. The third-order valence-corrected chi connectivity index (χ3v) is 5.37. The zero-order chi connectivity index (χ0) is 24.8. The van der Waals surface area contributed by atoms with Gasteiger partial charge >= 0.3 is 0 Å². The minimum Gasteiger partial charge on any atom is -0.497 e. The number of hydrogen-bond acceptors (Lipinski definition) is 6. The monoisotopic (exact) mass is 469 g/mol. The summed E-state index contributed by atoms with van der Waals surface area (Å²) in [5, 5.41) is 7.18. The third kappa shape index (κ3) is 5.41. The molecule has 0 saturated carbocycles. The highest BCUT2D eigenvalue weighted by atomic mass is 16.5. The summed E-state index contributed by atoms with van der Waals surface area (Å²) in [5.41, 5.74) is 7.78. The van der Waals surface area contributed by atoms with Crippen LogP contribution in [-0.4, -0.2) is 45.5 Å². The molecule has 4 aromatic rings. The van der Waals surface area contributed by atoms with Crippen molar-refractivity contribution in [1.82, 2.24) is 20.1 Å². The zero-order valence-corrected chi connectivity index (χ0v) is 18.9. The van der Waals surface area contributed by atoms with Crippen molar-refractivity contribution in [2.75, 3.05) is 7.11 Å². The Balaban J connectivity index is 1.60. The molecule has 0 bridgehead atoms. The smallest absolute Gasteiger partial charge is 0.287 e. The van der Waals surface area contributed by atoms with Gasteiger partial charge in [0.2, 0.25) is 5.78 Å². The van der Waals surface area contributed by atoms with E-state index >= 15 is 0 Å². The number of nitrogens with zero attached hydrogens (tertiary/aromatic N) is 3. The fourth-order valence-corrected chi connectivity index (χ4v) is 3.58. The van der Waals surface area contributed by atoms with Crippen molar-refractivity contribution < 1.29 is 19.1 Å². The third-order valence-electron chi connectivity index (χ3n) is 5.37. The first kappa shape index (κ1) is 23.4. The fourth-order valence-electron chi connectivity index (χ4n) is 3.58. The summed E-state index contributed by atoms with van der Waals surface area (Å²) in [6, 6.07) is 20.4. The van der Waals surface area contributed by atoms with Gasteiger partial charge in [0.15, 0.2) is 5.82 Å². The number of amides is 2. The number of pyridine rings is 1. The first-order valence-corrected chi connectivity index (χ1v) is 10.8. The number of benzene rings is 2. The SMILES string of the molecule is COc1ccc(CC(NC(=O)c2cccnc2-n2ccc(-c3ccccc3)n2)C(=O)C(N)=O)cc1. The molecule has 2 aromatic carbocycles. The topological polar surface area (TPSA) is 129 Å². The normalized spacial score (nSPS) is 11.5. The van der Waals surface area contributed by atoms with E-state index in [0.29, 0.717) is 11.4 Å². The van der Waals surface area contributed by atoms with Gasteiger partial charge in [-0.2, -0.15) is 5.10 Å². The molecule has 9 heteroatoms. The van der Waals surface area contributed by atoms with Crippen LogP contribution in [0.5, 0.6) is 5.75 Å². The Hall–Kier alpha value is -4.79. The van der Waals surface area contributed by atoms with Gasteiger partial charge in [-0.3, -0.25) is 14.4 Å². The molecule has 0 radical (unpaired) electrons. The van der Waals surface area contributed by atoms with Crippen molar-refractivity contribution in [3.8, 4) is 22.8 Å². The van der Waals surface area contributed by atoms with Gasteiger partial charge < -0.3 is 15.8 Å². The van der Waals surface area contributed by atoms with Crippen molar-refractivity contribution in [3.05, 3.63) is 96.3 Å². The van der Waals surface area contributed by atoms with E-state index in [1.54, 1.807) is 55.9 Å². The summed E-state index contributed by atoms with van der Waals surface area (Å²) in [6.07, 6.45) is 3.32. The quantitative estimate of drug-likeness (QED) is 0.362. The lowest BCUT2D eigenvalue weighted by Crippen LogP contribution is -2.47. The standard InChI is InChI=1S/C26H23N5O4/c1-35-19-11-9-17(10-12-19)16-22(23(32)24(27)33)29-26(34)20-8-5-14-28-25(20)31-15-13-21(30-31)18-6-3-2-4-7-18/h2-15,22H,16H2,1H3,(H2,27,33)(H,29,34). The van der Waals surface area contributed by atoms with E-state index in [0.717, 1.165) is 11.1 Å². The van der Waals surface area contributed by atoms with Crippen LogP contribution < -0.4 is 15.8 Å². The van der Waals surface area contributed by atoms with Crippen molar-refractivity contribution in [2.45, 2.75) is 12.5 Å². The van der Waals surface area contributed by atoms with Crippen LogP contribution in [0.2, 0.25) is 0 Å². The summed E-state index contributed by atoms with van der Waals surface area (Å²) in [4.78, 5) is 41.7. The molecule has 176 valence electrons. The van der Waals surface area contributed by atoms with Crippen LogP contribution in [0.1, 0.15) is 15.9 Å². The maximum Gasteiger partial charge on any atom is 0.287 e. The molecular formula is C26H23N5O4. The molecule has 9 nitrogen and oxygen atoms in total. The summed E-state index contributed by atoms with van der Waals surface area (Å²) >= 11 is 0. The predicted octanol–water partition coefficient (Wildman–Crippen LogP) is 2.34. The summed E-state index contributed by atoms with van der Waals surface area (Å²) in [5.74, 6) is -1.69. The van der Waals surface area contributed by atoms with E-state index < -0.39 is 23.6 Å². The second-order valence-corrected chi connectivity index (χ2v) is 7.69. The Morgan fingerprint density at radius 1 is 1.00 bits per heavy atom. The fraction of sp³-hybridized carbons (Fsp3) is 0.115. The molecular weight excluding hydrogens is 446 g/mol. The molecule has 2 amide bonds. The number of Topliss-reactive ketones (excluding diaryl/α,β-unsaturated/α-hetero) is 1. The maximum absolute atomic E-state index is 13.2. The number of carbonyl (C=O) groups is 3. The first-order chi connectivity index (χ1) is 17.0. The number of ether oxygens (including phenoxy) is 1. The number of rotatable bonds is 9. The molecule has 1 atom stereocenters. The number of methoxy groups -OCH3 is 1. The molecule has 2 aromatic heterocycles. The number of carbonyl (C=O) groups excluding carboxylic acids is 3. The first-order valence-electron chi connectivity index (χ1n) is 10.8. The average molecular weight is 470 g/mol. The Labute approximate surface area is 201 Å². The number of hydrogen-bond donors (Lipinski definition) is 2. The molecule has 0 saturated heterocycles. The van der Waals surface area contributed by atoms with Crippen LogP contribution in [0.3, 0.4) is 0 Å². The van der Waals surface area contributed by atoms with Gasteiger partial charge in [-0.05, 0) is 35.9 Å². The van der Waals surface area contributed by atoms with Gasteiger partial charge in [-0.15, -0.1) is 0 Å². The van der Waals surface area contributed by atoms with Crippen LogP contribution in [0.15, 0.2) is 85.2 Å². The second kappa shape index (κ2) is 10.4. The van der Waals surface area contributed by atoms with E-state index in [2.05, 4.69) is 15.4 Å². The van der Waals surface area contributed by atoms with E-state index in [1.165, 1.54) is 4.68 Å². The van der Waals surface area contributed by atoms with Crippen LogP contribution >= 0.6 is 0 Å². The maximum atomic E-state index is 13.2. The summed E-state index contributed by atoms with van der Waals surface area (Å²) < 4.78 is 6.63. The molecule has 3 N–H and O–H groups in total. The minimum absolute atomic E-state index is 0.0764. The van der Waals surface area contributed by atoms with Gasteiger partial charge in [0.1, 0.15) is 11.8 Å². The highest BCUT2D eigenvalue weighted by Gasteiger charge is 2.27. The molecule has 1 unspecified atom stereocenters. The van der Waals surface area contributed by atoms with Gasteiger partial charge in [-0.1, -0.05) is 42.5 Å². The van der Waals surface area contributed by atoms with Crippen LogP contribution in [0.25, 0.3) is 17.1 Å². The summed E-state index contributed by atoms with van der Waals surface area (Å²) in [6.45, 7) is 0. The van der Waals surface area contributed by atoms with Crippen LogP contribution in [0.4, 0.5) is 0 Å². The Morgan fingerprint density at radius 3 is 2.43 bits per heavy atom. The van der Waals surface area contributed by atoms with Crippen LogP contribution in [0, 0.1) is 0 Å². The van der Waals surface area contributed by atoms with Gasteiger partial charge in [0.25, 0.3) is 11.8 Å². The number of aromatic nitrogens is 3. The lowest BCUT2D eigenvalue weighted by molar-refractivity contribution is -0.137. The molecule has 4 rings (SSSR count). The van der Waals surface area contributed by atoms with Crippen LogP contribution in [-0.2, 0) is 16.0 Å². The zero-order valence-electron chi connectivity index (χ0n) is 18.9. The molecule has 0 spiro atoms. The van der Waals surface area contributed by atoms with Gasteiger partial charge in [0, 0.05) is 24.4 Å². The van der Waals surface area contributed by atoms with Gasteiger partial charge in [0.05, 0.1) is 18.4 Å². The molecule has 0 aliphatic heterocycles. The van der Waals surface area contributed by atoms with E-state index in [-0.39, 0.29) is 17.8 Å². The number of ketones is 1. The van der Waals surface area contributed by atoms with E-state index in [4.69, 9.17) is 10.5 Å². The molecule has 0 aliphatic carbocycles. The number of nitrogens with two attached hydrogens (primary N) is 1. The van der Waals surface area contributed by atoms with E-state index in [1.807, 2.05) is 36.4 Å². The highest BCUT2D eigenvalue weighted by molar-refractivity contribution is 6.38. The van der Waals surface area contributed by atoms with Gasteiger partial charge in [-0.25, -0.2) is 9.67 Å². The van der Waals surface area contributed by atoms with Crippen molar-refractivity contribution in [1.29, 1.82) is 0 Å². The Morgan fingerprint density at radius 2 is 1.74 bits per heavy atom. The number of primary amides is 1. The van der Waals surface area contributed by atoms with Crippen molar-refractivity contribution >= 4 is 17.6 Å². The predicted molar refractivity (Wildman–Crippen MR) is 129 cm³/mol. The lowest BCUT2D eigenvalue weighted by atomic mass is 10.0.